The van der Waals surface area contributed by atoms with E-state index in [9.17, 15) is 28.4 Å². The van der Waals surface area contributed by atoms with Gasteiger partial charge in [0.25, 0.3) is 5.69 Å². The van der Waals surface area contributed by atoms with Crippen LogP contribution < -0.4 is 4.74 Å². The number of rotatable bonds is 6. The second-order valence-corrected chi connectivity index (χ2v) is 5.75. The minimum absolute atomic E-state index is 0.123. The van der Waals surface area contributed by atoms with Gasteiger partial charge in [-0.05, 0) is 24.3 Å². The van der Waals surface area contributed by atoms with Gasteiger partial charge in [-0.3, -0.25) is 10.1 Å². The fraction of sp³-hybridized carbons (Fsp3) is 0.235. The Morgan fingerprint density at radius 3 is 2.48 bits per heavy atom. The molecule has 0 bridgehead atoms. The number of hydrogen-bond donors (Lipinski definition) is 1. The lowest BCUT2D eigenvalue weighted by atomic mass is 10.3. The first-order chi connectivity index (χ1) is 12.8. The van der Waals surface area contributed by atoms with Gasteiger partial charge in [0, 0.05) is 12.1 Å². The van der Waals surface area contributed by atoms with Crippen molar-refractivity contribution < 1.29 is 27.9 Å². The van der Waals surface area contributed by atoms with E-state index in [1.165, 1.54) is 36.4 Å². The summed E-state index contributed by atoms with van der Waals surface area (Å²) >= 11 is 0. The minimum Gasteiger partial charge on any atom is -0.491 e. The molecule has 0 aliphatic rings. The summed E-state index contributed by atoms with van der Waals surface area (Å²) in [4.78, 5) is 13.6. The summed E-state index contributed by atoms with van der Waals surface area (Å²) in [6.45, 7) is -0.663. The molecule has 2 aromatic carbocycles. The number of halogens is 3. The third kappa shape index (κ3) is 4.17. The standard InChI is InChI=1S/C17H14F3N3O4/c18-17(19,20)16-21-14-3-1-2-4-15(14)22(16)9-12(24)10-27-13-7-5-11(6-8-13)23(25)26/h1-8,12,24H,9-10H2/t12-/m1/s1. The maximum atomic E-state index is 13.2. The number of nitro groups is 1. The predicted molar refractivity (Wildman–Crippen MR) is 89.3 cm³/mol. The molecule has 0 spiro atoms. The van der Waals surface area contributed by atoms with Gasteiger partial charge in [0.05, 0.1) is 22.5 Å². The first-order valence-corrected chi connectivity index (χ1v) is 7.83. The van der Waals surface area contributed by atoms with E-state index < -0.39 is 23.0 Å². The highest BCUT2D eigenvalue weighted by Crippen LogP contribution is 2.31. The van der Waals surface area contributed by atoms with E-state index in [2.05, 4.69) is 4.98 Å². The molecule has 1 heterocycles. The van der Waals surface area contributed by atoms with Crippen molar-refractivity contribution >= 4 is 16.7 Å². The SMILES string of the molecule is O=[N+]([O-])c1ccc(OC[C@H](O)Cn2c(C(F)(F)F)nc3ccccc32)cc1. The minimum atomic E-state index is -4.67. The van der Waals surface area contributed by atoms with Crippen LogP contribution in [0.5, 0.6) is 5.75 Å². The van der Waals surface area contributed by atoms with Gasteiger partial charge in [0.15, 0.2) is 0 Å². The van der Waals surface area contributed by atoms with Crippen molar-refractivity contribution in [1.82, 2.24) is 9.55 Å². The Labute approximate surface area is 150 Å². The molecule has 3 aromatic rings. The summed E-state index contributed by atoms with van der Waals surface area (Å²) in [6, 6.07) is 11.3. The molecule has 1 N–H and O–H groups in total. The van der Waals surface area contributed by atoms with Crippen LogP contribution in [0.15, 0.2) is 48.5 Å². The van der Waals surface area contributed by atoms with Crippen LogP contribution in [0.1, 0.15) is 5.82 Å². The van der Waals surface area contributed by atoms with E-state index in [1.807, 2.05) is 0 Å². The highest BCUT2D eigenvalue weighted by molar-refractivity contribution is 5.76. The van der Waals surface area contributed by atoms with Crippen molar-refractivity contribution in [1.29, 1.82) is 0 Å². The molecule has 10 heteroatoms. The van der Waals surface area contributed by atoms with E-state index in [0.717, 1.165) is 4.57 Å². The Morgan fingerprint density at radius 2 is 1.85 bits per heavy atom. The first kappa shape index (κ1) is 18.6. The number of aromatic nitrogens is 2. The zero-order valence-corrected chi connectivity index (χ0v) is 13.8. The van der Waals surface area contributed by atoms with Crippen molar-refractivity contribution in [3.63, 3.8) is 0 Å². The molecule has 7 nitrogen and oxygen atoms in total. The molecule has 0 saturated carbocycles. The van der Waals surface area contributed by atoms with E-state index in [1.54, 1.807) is 12.1 Å². The molecule has 0 saturated heterocycles. The zero-order valence-electron chi connectivity index (χ0n) is 13.8. The van der Waals surface area contributed by atoms with Crippen molar-refractivity contribution in [2.45, 2.75) is 18.8 Å². The molecule has 1 aromatic heterocycles. The van der Waals surface area contributed by atoms with Crippen LogP contribution in [-0.4, -0.2) is 32.3 Å². The number of benzene rings is 2. The first-order valence-electron chi connectivity index (χ1n) is 7.83. The number of nitrogens with zero attached hydrogens (tertiary/aromatic N) is 3. The number of nitro benzene ring substituents is 1. The molecule has 0 fully saturated rings. The lowest BCUT2D eigenvalue weighted by molar-refractivity contribution is -0.384. The Bertz CT molecular complexity index is 954. The Balaban J connectivity index is 1.74. The number of alkyl halides is 3. The monoisotopic (exact) mass is 381 g/mol. The van der Waals surface area contributed by atoms with Crippen molar-refractivity contribution in [2.24, 2.45) is 0 Å². The van der Waals surface area contributed by atoms with Gasteiger partial charge in [0.1, 0.15) is 18.5 Å². The number of para-hydroxylation sites is 2. The third-order valence-electron chi connectivity index (χ3n) is 3.79. The topological polar surface area (TPSA) is 90.4 Å². The Kier molecular flexibility index (Phi) is 5.00. The van der Waals surface area contributed by atoms with Gasteiger partial charge in [-0.2, -0.15) is 13.2 Å². The Hall–Kier alpha value is -3.14. The summed E-state index contributed by atoms with van der Waals surface area (Å²) < 4.78 is 45.9. The van der Waals surface area contributed by atoms with E-state index in [-0.39, 0.29) is 35.6 Å². The summed E-state index contributed by atoms with van der Waals surface area (Å²) in [6.07, 6.45) is -5.92. The lowest BCUT2D eigenvalue weighted by Gasteiger charge is -2.16. The number of non-ortho nitro benzene ring substituents is 1. The maximum absolute atomic E-state index is 13.2. The normalized spacial score (nSPS) is 12.9. The highest BCUT2D eigenvalue weighted by Gasteiger charge is 2.37. The van der Waals surface area contributed by atoms with Crippen molar-refractivity contribution in [2.75, 3.05) is 6.61 Å². The second-order valence-electron chi connectivity index (χ2n) is 5.75. The van der Waals surface area contributed by atoms with Crippen LogP contribution in [0.2, 0.25) is 0 Å². The van der Waals surface area contributed by atoms with Crippen LogP contribution in [-0.2, 0) is 12.7 Å². The molecule has 1 atom stereocenters. The summed E-state index contributed by atoms with van der Waals surface area (Å²) in [7, 11) is 0. The quantitative estimate of drug-likeness (QED) is 0.522. The number of aliphatic hydroxyl groups excluding tert-OH is 1. The van der Waals surface area contributed by atoms with Crippen LogP contribution in [0, 0.1) is 10.1 Å². The highest BCUT2D eigenvalue weighted by atomic mass is 19.4. The van der Waals surface area contributed by atoms with Crippen molar-refractivity contribution in [3.05, 3.63) is 64.5 Å². The number of hydrogen-bond acceptors (Lipinski definition) is 5. The molecule has 27 heavy (non-hydrogen) atoms. The largest absolute Gasteiger partial charge is 0.491 e. The molecule has 0 radical (unpaired) electrons. The molecule has 0 unspecified atom stereocenters. The molecular weight excluding hydrogens is 367 g/mol. The average molecular weight is 381 g/mol. The van der Waals surface area contributed by atoms with Gasteiger partial charge < -0.3 is 14.4 Å². The van der Waals surface area contributed by atoms with Crippen molar-refractivity contribution in [3.8, 4) is 5.75 Å². The van der Waals surface area contributed by atoms with Gasteiger partial charge in [-0.15, -0.1) is 0 Å². The lowest BCUT2D eigenvalue weighted by Crippen LogP contribution is -2.26. The molecular formula is C17H14F3N3O4. The van der Waals surface area contributed by atoms with Gasteiger partial charge in [-0.25, -0.2) is 4.98 Å². The van der Waals surface area contributed by atoms with Crippen LogP contribution in [0.4, 0.5) is 18.9 Å². The second kappa shape index (κ2) is 7.23. The Morgan fingerprint density at radius 1 is 1.19 bits per heavy atom. The van der Waals surface area contributed by atoms with Crippen LogP contribution >= 0.6 is 0 Å². The van der Waals surface area contributed by atoms with Gasteiger partial charge >= 0.3 is 6.18 Å². The zero-order chi connectivity index (χ0) is 19.6. The van der Waals surface area contributed by atoms with Gasteiger partial charge in [0.2, 0.25) is 5.82 Å². The molecule has 0 amide bonds. The van der Waals surface area contributed by atoms with E-state index >= 15 is 0 Å². The third-order valence-corrected chi connectivity index (χ3v) is 3.79. The number of imidazole rings is 1. The summed E-state index contributed by atoms with van der Waals surface area (Å²) in [5.74, 6) is -0.843. The van der Waals surface area contributed by atoms with E-state index in [0.29, 0.717) is 0 Å². The maximum Gasteiger partial charge on any atom is 0.449 e. The molecule has 0 aliphatic heterocycles. The summed E-state index contributed by atoms with van der Waals surface area (Å²) in [5, 5.41) is 20.7. The van der Waals surface area contributed by atoms with Crippen LogP contribution in [0.25, 0.3) is 11.0 Å². The number of ether oxygens (including phenoxy) is 1. The average Bonchev–Trinajstić information content (AvgIpc) is 2.99. The predicted octanol–water partition coefficient (Wildman–Crippen LogP) is 3.40. The summed E-state index contributed by atoms with van der Waals surface area (Å²) in [5.41, 5.74) is 0.301. The fourth-order valence-corrected chi connectivity index (χ4v) is 2.60. The fourth-order valence-electron chi connectivity index (χ4n) is 2.60. The number of aliphatic hydroxyl groups is 1. The molecule has 0 aliphatic carbocycles. The molecule has 3 rings (SSSR count). The smallest absolute Gasteiger partial charge is 0.449 e. The molecule has 142 valence electrons. The van der Waals surface area contributed by atoms with Gasteiger partial charge in [-0.1, -0.05) is 12.1 Å². The van der Waals surface area contributed by atoms with Crippen LogP contribution in [0.3, 0.4) is 0 Å². The number of fused-ring (bicyclic) bond motifs is 1. The van der Waals surface area contributed by atoms with E-state index in [4.69, 9.17) is 4.74 Å².